The predicted molar refractivity (Wildman–Crippen MR) is 117 cm³/mol. The summed E-state index contributed by atoms with van der Waals surface area (Å²) in [7, 11) is 1.62. The second-order valence-electron chi connectivity index (χ2n) is 7.07. The van der Waals surface area contributed by atoms with Crippen molar-refractivity contribution in [2.75, 3.05) is 12.4 Å². The molecule has 2 aromatic heterocycles. The maximum absolute atomic E-state index is 12.7. The highest BCUT2D eigenvalue weighted by atomic mass is 127. The number of anilines is 1. The molecule has 0 spiro atoms. The van der Waals surface area contributed by atoms with Crippen molar-refractivity contribution in [3.05, 3.63) is 44.9 Å². The Balaban J connectivity index is 1.97. The van der Waals surface area contributed by atoms with E-state index in [0.717, 1.165) is 14.9 Å². The summed E-state index contributed by atoms with van der Waals surface area (Å²) in [4.78, 5) is 21.2. The first-order chi connectivity index (χ1) is 13.2. The minimum atomic E-state index is -0.622. The molecule has 3 rings (SSSR count). The predicted octanol–water partition coefficient (Wildman–Crippen LogP) is 5.09. The van der Waals surface area contributed by atoms with Crippen molar-refractivity contribution >= 4 is 57.1 Å². The Hall–Kier alpha value is -2.07. The molecule has 7 nitrogen and oxygen atoms in total. The molecule has 0 aliphatic carbocycles. The molecular weight excluding hydrogens is 495 g/mol. The summed E-state index contributed by atoms with van der Waals surface area (Å²) >= 11 is 8.22. The molecule has 0 aliphatic rings. The quantitative estimate of drug-likeness (QED) is 0.386. The van der Waals surface area contributed by atoms with Crippen LogP contribution in [0.25, 0.3) is 11.0 Å². The van der Waals surface area contributed by atoms with Gasteiger partial charge >= 0.3 is 6.09 Å². The SMILES string of the molecule is COc1ccc(CNc2nc(Cl)nc3c(I)cn(C(=O)OC(C)(C)C)c23)cc1. The molecule has 0 saturated heterocycles. The summed E-state index contributed by atoms with van der Waals surface area (Å²) < 4.78 is 12.9. The number of hydrogen-bond donors (Lipinski definition) is 1. The van der Waals surface area contributed by atoms with E-state index in [0.29, 0.717) is 23.4 Å². The van der Waals surface area contributed by atoms with Crippen LogP contribution in [-0.2, 0) is 11.3 Å². The average molecular weight is 515 g/mol. The van der Waals surface area contributed by atoms with Gasteiger partial charge in [0.25, 0.3) is 0 Å². The van der Waals surface area contributed by atoms with Gasteiger partial charge in [-0.05, 0) is 72.7 Å². The molecule has 0 amide bonds. The summed E-state index contributed by atoms with van der Waals surface area (Å²) in [5.41, 5.74) is 1.51. The molecule has 1 N–H and O–H groups in total. The number of hydrogen-bond acceptors (Lipinski definition) is 6. The topological polar surface area (TPSA) is 78.3 Å². The van der Waals surface area contributed by atoms with E-state index in [2.05, 4.69) is 37.9 Å². The van der Waals surface area contributed by atoms with Gasteiger partial charge in [-0.2, -0.15) is 4.98 Å². The zero-order valence-corrected chi connectivity index (χ0v) is 18.8. The van der Waals surface area contributed by atoms with Crippen LogP contribution in [0.15, 0.2) is 30.5 Å². The number of halogens is 2. The molecule has 2 heterocycles. The number of methoxy groups -OCH3 is 1. The molecule has 0 aliphatic heterocycles. The van der Waals surface area contributed by atoms with E-state index in [-0.39, 0.29) is 5.28 Å². The normalized spacial score (nSPS) is 11.5. The van der Waals surface area contributed by atoms with E-state index in [1.807, 2.05) is 45.0 Å². The van der Waals surface area contributed by atoms with Crippen LogP contribution in [0, 0.1) is 3.57 Å². The highest BCUT2D eigenvalue weighted by molar-refractivity contribution is 14.1. The molecule has 0 radical (unpaired) electrons. The summed E-state index contributed by atoms with van der Waals surface area (Å²) in [5, 5.41) is 3.35. The van der Waals surface area contributed by atoms with Gasteiger partial charge in [0.1, 0.15) is 22.4 Å². The number of nitrogens with zero attached hydrogens (tertiary/aromatic N) is 3. The monoisotopic (exact) mass is 514 g/mol. The maximum atomic E-state index is 12.7. The van der Waals surface area contributed by atoms with Crippen molar-refractivity contribution in [1.82, 2.24) is 14.5 Å². The first-order valence-electron chi connectivity index (χ1n) is 8.52. The number of benzene rings is 1. The Morgan fingerprint density at radius 1 is 1.25 bits per heavy atom. The van der Waals surface area contributed by atoms with Crippen LogP contribution >= 0.6 is 34.2 Å². The Morgan fingerprint density at radius 3 is 2.54 bits per heavy atom. The van der Waals surface area contributed by atoms with Crippen molar-refractivity contribution in [2.45, 2.75) is 32.9 Å². The summed E-state index contributed by atoms with van der Waals surface area (Å²) in [6, 6.07) is 7.66. The van der Waals surface area contributed by atoms with Crippen molar-refractivity contribution in [3.63, 3.8) is 0 Å². The summed E-state index contributed by atoms with van der Waals surface area (Å²) in [5.74, 6) is 1.24. The molecule has 0 fully saturated rings. The maximum Gasteiger partial charge on any atom is 0.419 e. The Bertz CT molecular complexity index is 1010. The van der Waals surface area contributed by atoms with Gasteiger partial charge in [-0.25, -0.2) is 14.3 Å². The van der Waals surface area contributed by atoms with Crippen LogP contribution in [0.2, 0.25) is 5.28 Å². The molecule has 3 aromatic rings. The number of aromatic nitrogens is 3. The Kier molecular flexibility index (Phi) is 5.99. The van der Waals surface area contributed by atoms with Crippen molar-refractivity contribution in [3.8, 4) is 5.75 Å². The van der Waals surface area contributed by atoms with Gasteiger partial charge in [0.2, 0.25) is 5.28 Å². The van der Waals surface area contributed by atoms with E-state index in [9.17, 15) is 4.79 Å². The first kappa shape index (κ1) is 20.7. The fraction of sp³-hybridized carbons (Fsp3) is 0.316. The zero-order valence-electron chi connectivity index (χ0n) is 15.9. The van der Waals surface area contributed by atoms with Gasteiger partial charge in [0.15, 0.2) is 5.82 Å². The van der Waals surface area contributed by atoms with Gasteiger partial charge in [-0.1, -0.05) is 12.1 Å². The number of nitrogens with one attached hydrogen (secondary N) is 1. The van der Waals surface area contributed by atoms with Gasteiger partial charge in [0, 0.05) is 12.7 Å². The van der Waals surface area contributed by atoms with Crippen molar-refractivity contribution in [1.29, 1.82) is 0 Å². The lowest BCUT2D eigenvalue weighted by atomic mass is 10.2. The number of carbonyl (C=O) groups excluding carboxylic acids is 1. The second-order valence-corrected chi connectivity index (χ2v) is 8.57. The first-order valence-corrected chi connectivity index (χ1v) is 9.98. The molecular formula is C19H20ClIN4O3. The average Bonchev–Trinajstić information content (AvgIpc) is 2.96. The third-order valence-corrected chi connectivity index (χ3v) is 4.73. The van der Waals surface area contributed by atoms with E-state index in [4.69, 9.17) is 21.1 Å². The fourth-order valence-corrected chi connectivity index (χ4v) is 3.39. The molecule has 0 saturated carbocycles. The standard InChI is InChI=1S/C19H20ClIN4O3/c1-19(2,3)28-18(26)25-10-13(21)14-15(25)16(24-17(20)23-14)22-9-11-5-7-12(27-4)8-6-11/h5-8,10H,9H2,1-4H3,(H,22,23,24). The van der Waals surface area contributed by atoms with E-state index >= 15 is 0 Å². The molecule has 0 unspecified atom stereocenters. The van der Waals surface area contributed by atoms with E-state index in [1.165, 1.54) is 4.57 Å². The third kappa shape index (κ3) is 4.67. The minimum absolute atomic E-state index is 0.101. The highest BCUT2D eigenvalue weighted by Crippen LogP contribution is 2.29. The van der Waals surface area contributed by atoms with E-state index < -0.39 is 11.7 Å². The molecule has 0 atom stereocenters. The van der Waals surface area contributed by atoms with Gasteiger partial charge < -0.3 is 14.8 Å². The number of fused-ring (bicyclic) bond motifs is 1. The largest absolute Gasteiger partial charge is 0.497 e. The van der Waals surface area contributed by atoms with Gasteiger partial charge in [0.05, 0.1) is 10.7 Å². The fourth-order valence-electron chi connectivity index (χ4n) is 2.57. The molecule has 1 aromatic carbocycles. The third-order valence-electron chi connectivity index (χ3n) is 3.78. The number of carbonyl (C=O) groups is 1. The van der Waals surface area contributed by atoms with Crippen molar-refractivity contribution in [2.24, 2.45) is 0 Å². The second kappa shape index (κ2) is 8.12. The highest BCUT2D eigenvalue weighted by Gasteiger charge is 2.23. The van der Waals surface area contributed by atoms with Crippen LogP contribution < -0.4 is 10.1 Å². The number of rotatable bonds is 4. The molecule has 148 valence electrons. The lowest BCUT2D eigenvalue weighted by molar-refractivity contribution is 0.0544. The van der Waals surface area contributed by atoms with Gasteiger partial charge in [-0.3, -0.25) is 0 Å². The smallest absolute Gasteiger partial charge is 0.419 e. The molecule has 28 heavy (non-hydrogen) atoms. The van der Waals surface area contributed by atoms with Crippen LogP contribution in [0.3, 0.4) is 0 Å². The number of ether oxygens (including phenoxy) is 2. The van der Waals surface area contributed by atoms with Crippen LogP contribution in [0.4, 0.5) is 10.6 Å². The molecule has 9 heteroatoms. The zero-order chi connectivity index (χ0) is 20.5. The van der Waals surface area contributed by atoms with Crippen molar-refractivity contribution < 1.29 is 14.3 Å². The summed E-state index contributed by atoms with van der Waals surface area (Å²) in [6.45, 7) is 5.94. The minimum Gasteiger partial charge on any atom is -0.497 e. The lowest BCUT2D eigenvalue weighted by Crippen LogP contribution is -2.27. The van der Waals surface area contributed by atoms with Gasteiger partial charge in [-0.15, -0.1) is 0 Å². The Morgan fingerprint density at radius 2 is 1.93 bits per heavy atom. The molecule has 0 bridgehead atoms. The Labute approximate surface area is 181 Å². The van der Waals surface area contributed by atoms with E-state index in [1.54, 1.807) is 13.3 Å². The van der Waals surface area contributed by atoms with Crippen LogP contribution in [0.1, 0.15) is 26.3 Å². The van der Waals surface area contributed by atoms with Crippen LogP contribution in [0.5, 0.6) is 5.75 Å². The lowest BCUT2D eigenvalue weighted by Gasteiger charge is -2.20. The van der Waals surface area contributed by atoms with Crippen LogP contribution in [-0.4, -0.2) is 33.3 Å². The summed E-state index contributed by atoms with van der Waals surface area (Å²) in [6.07, 6.45) is 1.17.